The first-order valence-corrected chi connectivity index (χ1v) is 5.17. The van der Waals surface area contributed by atoms with Crippen molar-refractivity contribution in [3.05, 3.63) is 29.6 Å². The van der Waals surface area contributed by atoms with E-state index in [1.165, 1.54) is 25.0 Å². The Morgan fingerprint density at radius 3 is 2.87 bits per heavy atom. The molecule has 0 spiro atoms. The van der Waals surface area contributed by atoms with Crippen molar-refractivity contribution in [2.75, 3.05) is 5.32 Å². The van der Waals surface area contributed by atoms with E-state index in [0.29, 0.717) is 17.5 Å². The molecular weight excluding hydrogens is 191 g/mol. The summed E-state index contributed by atoms with van der Waals surface area (Å²) in [6.45, 7) is 2.10. The maximum Gasteiger partial charge on any atom is 0.124 e. The Hall–Kier alpha value is -1.56. The van der Waals surface area contributed by atoms with E-state index in [4.69, 9.17) is 5.26 Å². The Morgan fingerprint density at radius 1 is 1.53 bits per heavy atom. The summed E-state index contributed by atoms with van der Waals surface area (Å²) in [4.78, 5) is 0. The third-order valence-electron chi connectivity index (χ3n) is 2.81. The molecule has 2 rings (SSSR count). The van der Waals surface area contributed by atoms with Crippen LogP contribution >= 0.6 is 0 Å². The molecule has 0 aromatic heterocycles. The molecule has 0 saturated heterocycles. The van der Waals surface area contributed by atoms with Crippen LogP contribution in [0.25, 0.3) is 0 Å². The quantitative estimate of drug-likeness (QED) is 0.821. The molecule has 0 heterocycles. The molecule has 0 radical (unpaired) electrons. The summed E-state index contributed by atoms with van der Waals surface area (Å²) in [6.07, 6.45) is 2.49. The van der Waals surface area contributed by atoms with Crippen LogP contribution in [0.1, 0.15) is 25.3 Å². The second-order valence-electron chi connectivity index (χ2n) is 4.07. The van der Waals surface area contributed by atoms with Gasteiger partial charge in [0.2, 0.25) is 0 Å². The molecule has 2 nitrogen and oxygen atoms in total. The standard InChI is InChI=1S/C12H13FN2/c1-8(9-2-3-9)15-12-5-4-11(13)6-10(12)7-14/h4-6,8-9,15H,2-3H2,1H3/t8-/m1/s1. The highest BCUT2D eigenvalue weighted by Gasteiger charge is 2.28. The minimum atomic E-state index is -0.365. The van der Waals surface area contributed by atoms with Crippen molar-refractivity contribution in [2.24, 2.45) is 5.92 Å². The maximum atomic E-state index is 12.9. The molecule has 0 unspecified atom stereocenters. The molecule has 1 aromatic carbocycles. The number of nitrogens with one attached hydrogen (secondary N) is 1. The molecule has 1 atom stereocenters. The van der Waals surface area contributed by atoms with Crippen LogP contribution in [-0.4, -0.2) is 6.04 Å². The molecule has 1 fully saturated rings. The lowest BCUT2D eigenvalue weighted by atomic mass is 10.1. The lowest BCUT2D eigenvalue weighted by Gasteiger charge is -2.15. The van der Waals surface area contributed by atoms with E-state index in [1.807, 2.05) is 6.07 Å². The van der Waals surface area contributed by atoms with Crippen molar-refractivity contribution >= 4 is 5.69 Å². The summed E-state index contributed by atoms with van der Waals surface area (Å²) in [5, 5.41) is 12.1. The Bertz CT molecular complexity index is 405. The molecule has 1 aliphatic carbocycles. The van der Waals surface area contributed by atoms with Gasteiger partial charge in [-0.3, -0.25) is 0 Å². The van der Waals surface area contributed by atoms with Gasteiger partial charge in [0, 0.05) is 6.04 Å². The zero-order chi connectivity index (χ0) is 10.8. The normalized spacial score (nSPS) is 16.9. The number of halogens is 1. The number of nitrogens with zero attached hydrogens (tertiary/aromatic N) is 1. The van der Waals surface area contributed by atoms with Crippen molar-refractivity contribution < 1.29 is 4.39 Å². The molecule has 78 valence electrons. The van der Waals surface area contributed by atoms with Gasteiger partial charge >= 0.3 is 0 Å². The molecule has 1 saturated carbocycles. The lowest BCUT2D eigenvalue weighted by Crippen LogP contribution is -2.17. The van der Waals surface area contributed by atoms with Gasteiger partial charge < -0.3 is 5.32 Å². The molecule has 0 aliphatic heterocycles. The highest BCUT2D eigenvalue weighted by atomic mass is 19.1. The number of anilines is 1. The smallest absolute Gasteiger partial charge is 0.124 e. The van der Waals surface area contributed by atoms with Crippen molar-refractivity contribution in [3.8, 4) is 6.07 Å². The van der Waals surface area contributed by atoms with Crippen LogP contribution in [0.3, 0.4) is 0 Å². The van der Waals surface area contributed by atoms with Gasteiger partial charge in [-0.05, 0) is 43.9 Å². The van der Waals surface area contributed by atoms with E-state index in [9.17, 15) is 4.39 Å². The fourth-order valence-corrected chi connectivity index (χ4v) is 1.69. The fourth-order valence-electron chi connectivity index (χ4n) is 1.69. The lowest BCUT2D eigenvalue weighted by molar-refractivity contribution is 0.627. The number of hydrogen-bond acceptors (Lipinski definition) is 2. The predicted molar refractivity (Wildman–Crippen MR) is 56.9 cm³/mol. The second-order valence-corrected chi connectivity index (χ2v) is 4.07. The molecular formula is C12H13FN2. The summed E-state index contributed by atoms with van der Waals surface area (Å²) in [6, 6.07) is 6.64. The minimum absolute atomic E-state index is 0.363. The minimum Gasteiger partial charge on any atom is -0.381 e. The highest BCUT2D eigenvalue weighted by Crippen LogP contribution is 2.34. The van der Waals surface area contributed by atoms with Crippen molar-refractivity contribution in [2.45, 2.75) is 25.8 Å². The molecule has 3 heteroatoms. The van der Waals surface area contributed by atoms with E-state index < -0.39 is 0 Å². The Morgan fingerprint density at radius 2 is 2.27 bits per heavy atom. The zero-order valence-electron chi connectivity index (χ0n) is 8.63. The average Bonchev–Trinajstić information content (AvgIpc) is 3.04. The third-order valence-corrected chi connectivity index (χ3v) is 2.81. The van der Waals surface area contributed by atoms with Crippen molar-refractivity contribution in [1.29, 1.82) is 5.26 Å². The van der Waals surface area contributed by atoms with Crippen LogP contribution in [-0.2, 0) is 0 Å². The van der Waals surface area contributed by atoms with Crippen molar-refractivity contribution in [3.63, 3.8) is 0 Å². The number of rotatable bonds is 3. The summed E-state index contributed by atoms with van der Waals surface area (Å²) >= 11 is 0. The maximum absolute atomic E-state index is 12.9. The monoisotopic (exact) mass is 204 g/mol. The predicted octanol–water partition coefficient (Wildman–Crippen LogP) is 2.91. The fraction of sp³-hybridized carbons (Fsp3) is 0.417. The van der Waals surface area contributed by atoms with Gasteiger partial charge in [-0.25, -0.2) is 4.39 Å². The van der Waals surface area contributed by atoms with Gasteiger partial charge in [-0.2, -0.15) is 5.26 Å². The van der Waals surface area contributed by atoms with Crippen LogP contribution in [0.2, 0.25) is 0 Å². The topological polar surface area (TPSA) is 35.8 Å². The van der Waals surface area contributed by atoms with Gasteiger partial charge in [0.25, 0.3) is 0 Å². The van der Waals surface area contributed by atoms with Gasteiger partial charge in [0.15, 0.2) is 0 Å². The van der Waals surface area contributed by atoms with E-state index in [-0.39, 0.29) is 5.82 Å². The Kier molecular flexibility index (Phi) is 2.59. The number of hydrogen-bond donors (Lipinski definition) is 1. The number of nitriles is 1. The van der Waals surface area contributed by atoms with Crippen LogP contribution in [0.4, 0.5) is 10.1 Å². The third kappa shape index (κ3) is 2.27. The molecule has 1 aromatic rings. The molecule has 1 N–H and O–H groups in total. The number of benzene rings is 1. The Labute approximate surface area is 88.7 Å². The first-order valence-electron chi connectivity index (χ1n) is 5.17. The molecule has 0 amide bonds. The zero-order valence-corrected chi connectivity index (χ0v) is 8.63. The molecule has 0 bridgehead atoms. The molecule has 1 aliphatic rings. The van der Waals surface area contributed by atoms with Crippen molar-refractivity contribution in [1.82, 2.24) is 0 Å². The van der Waals surface area contributed by atoms with Crippen LogP contribution in [0.5, 0.6) is 0 Å². The van der Waals surface area contributed by atoms with Gasteiger partial charge in [-0.1, -0.05) is 0 Å². The van der Waals surface area contributed by atoms with E-state index >= 15 is 0 Å². The first kappa shape index (κ1) is 9.97. The summed E-state index contributed by atoms with van der Waals surface area (Å²) < 4.78 is 12.9. The van der Waals surface area contributed by atoms with Crippen LogP contribution in [0, 0.1) is 23.1 Å². The molecule has 15 heavy (non-hydrogen) atoms. The summed E-state index contributed by atoms with van der Waals surface area (Å²) in [5.41, 5.74) is 1.11. The largest absolute Gasteiger partial charge is 0.381 e. The van der Waals surface area contributed by atoms with E-state index in [1.54, 1.807) is 6.07 Å². The first-order chi connectivity index (χ1) is 7.20. The van der Waals surface area contributed by atoms with Gasteiger partial charge in [0.05, 0.1) is 11.3 Å². The Balaban J connectivity index is 2.16. The van der Waals surface area contributed by atoms with Gasteiger partial charge in [-0.15, -0.1) is 0 Å². The average molecular weight is 204 g/mol. The van der Waals surface area contributed by atoms with E-state index in [2.05, 4.69) is 12.2 Å². The SMILES string of the molecule is C[C@@H](Nc1ccc(F)cc1C#N)C1CC1. The van der Waals surface area contributed by atoms with Crippen LogP contribution < -0.4 is 5.32 Å². The summed E-state index contributed by atoms with van der Waals surface area (Å²) in [7, 11) is 0. The highest BCUT2D eigenvalue weighted by molar-refractivity contribution is 5.58. The van der Waals surface area contributed by atoms with Crippen LogP contribution in [0.15, 0.2) is 18.2 Å². The second kappa shape index (κ2) is 3.90. The van der Waals surface area contributed by atoms with Gasteiger partial charge in [0.1, 0.15) is 11.9 Å². The summed E-state index contributed by atoms with van der Waals surface area (Å²) in [5.74, 6) is 0.345. The van der Waals surface area contributed by atoms with E-state index in [0.717, 1.165) is 5.69 Å².